The Kier molecular flexibility index (Phi) is 4.99. The van der Waals surface area contributed by atoms with Gasteiger partial charge in [0.1, 0.15) is 17.0 Å². The van der Waals surface area contributed by atoms with Crippen LogP contribution in [0.5, 0.6) is 0 Å². The summed E-state index contributed by atoms with van der Waals surface area (Å²) >= 11 is 5.86. The summed E-state index contributed by atoms with van der Waals surface area (Å²) in [5, 5.41) is 16.7. The Balaban J connectivity index is 1.91. The van der Waals surface area contributed by atoms with Crippen LogP contribution in [0.3, 0.4) is 0 Å². The highest BCUT2D eigenvalue weighted by Crippen LogP contribution is 2.30. The lowest BCUT2D eigenvalue weighted by atomic mass is 10.0. The Morgan fingerprint density at radius 2 is 1.92 bits per heavy atom. The van der Waals surface area contributed by atoms with Crippen LogP contribution in [0.2, 0.25) is 5.02 Å². The molecule has 3 rings (SSSR count). The number of halogens is 1. The van der Waals surface area contributed by atoms with E-state index in [9.17, 15) is 14.7 Å². The van der Waals surface area contributed by atoms with E-state index in [2.05, 4.69) is 15.5 Å². The number of carbonyl (C=O) groups excluding carboxylic acids is 1. The van der Waals surface area contributed by atoms with Crippen molar-refractivity contribution in [2.45, 2.75) is 13.0 Å². The molecule has 26 heavy (non-hydrogen) atoms. The lowest BCUT2D eigenvalue weighted by molar-refractivity contribution is 0.0692. The average Bonchev–Trinajstić information content (AvgIpc) is 3.08. The number of rotatable bonds is 5. The maximum atomic E-state index is 12.2. The molecule has 132 valence electrons. The van der Waals surface area contributed by atoms with Crippen LogP contribution in [0, 0.1) is 0 Å². The number of carbonyl (C=O) groups is 2. The predicted molar refractivity (Wildman–Crippen MR) is 94.0 cm³/mol. The van der Waals surface area contributed by atoms with E-state index in [1.54, 1.807) is 49.4 Å². The quantitative estimate of drug-likeness (QED) is 0.710. The third-order valence-electron chi connectivity index (χ3n) is 3.69. The summed E-state index contributed by atoms with van der Waals surface area (Å²) in [6.45, 7) is 1.61. The van der Waals surface area contributed by atoms with Gasteiger partial charge in [0.05, 0.1) is 6.04 Å². The smallest absolute Gasteiger partial charge is 0.341 e. The van der Waals surface area contributed by atoms with Gasteiger partial charge in [-0.1, -0.05) is 35.0 Å². The number of amides is 1. The Morgan fingerprint density at radius 1 is 1.19 bits per heavy atom. The van der Waals surface area contributed by atoms with E-state index in [4.69, 9.17) is 16.1 Å². The Morgan fingerprint density at radius 3 is 2.54 bits per heavy atom. The molecular weight excluding hydrogens is 358 g/mol. The fraction of sp³-hybridized carbons (Fsp3) is 0.111. The van der Waals surface area contributed by atoms with Crippen LogP contribution in [0.25, 0.3) is 11.3 Å². The molecule has 1 amide bonds. The van der Waals surface area contributed by atoms with Crippen molar-refractivity contribution < 1.29 is 19.2 Å². The summed E-state index contributed by atoms with van der Waals surface area (Å²) in [4.78, 5) is 27.9. The van der Waals surface area contributed by atoms with Crippen molar-refractivity contribution in [3.05, 3.63) is 70.7 Å². The molecule has 3 aromatic rings. The van der Waals surface area contributed by atoms with Crippen LogP contribution in [-0.2, 0) is 0 Å². The second kappa shape index (κ2) is 7.37. The van der Waals surface area contributed by atoms with Crippen molar-refractivity contribution in [3.8, 4) is 11.3 Å². The van der Waals surface area contributed by atoms with Gasteiger partial charge in [0.2, 0.25) is 0 Å². The molecular formula is C18H14ClN3O4. The molecule has 0 radical (unpaired) electrons. The van der Waals surface area contributed by atoms with Gasteiger partial charge in [-0.2, -0.15) is 0 Å². The number of nitrogens with zero attached hydrogens (tertiary/aromatic N) is 2. The zero-order valence-electron chi connectivity index (χ0n) is 13.6. The first-order valence-corrected chi connectivity index (χ1v) is 8.06. The largest absolute Gasteiger partial charge is 0.477 e. The number of carboxylic acids is 1. The zero-order chi connectivity index (χ0) is 18.7. The van der Waals surface area contributed by atoms with E-state index in [-0.39, 0.29) is 22.7 Å². The van der Waals surface area contributed by atoms with E-state index >= 15 is 0 Å². The summed E-state index contributed by atoms with van der Waals surface area (Å²) in [5.74, 6) is -1.60. The average molecular weight is 372 g/mol. The first kappa shape index (κ1) is 17.6. The van der Waals surface area contributed by atoms with Crippen LogP contribution < -0.4 is 5.32 Å². The van der Waals surface area contributed by atoms with Crippen molar-refractivity contribution >= 4 is 23.5 Å². The van der Waals surface area contributed by atoms with Crippen molar-refractivity contribution in [1.29, 1.82) is 0 Å². The molecule has 0 aliphatic carbocycles. The summed E-state index contributed by atoms with van der Waals surface area (Å²) in [6, 6.07) is 10.8. The van der Waals surface area contributed by atoms with Gasteiger partial charge in [-0.3, -0.25) is 9.78 Å². The van der Waals surface area contributed by atoms with Gasteiger partial charge in [0, 0.05) is 16.8 Å². The summed E-state index contributed by atoms with van der Waals surface area (Å²) < 4.78 is 5.24. The van der Waals surface area contributed by atoms with Crippen molar-refractivity contribution in [2.75, 3.05) is 0 Å². The third kappa shape index (κ3) is 3.57. The number of hydrogen-bond acceptors (Lipinski definition) is 5. The Bertz CT molecular complexity index is 939. The number of carboxylic acid groups (broad SMARTS) is 1. The van der Waals surface area contributed by atoms with Gasteiger partial charge >= 0.3 is 5.97 Å². The van der Waals surface area contributed by atoms with Crippen molar-refractivity contribution in [3.63, 3.8) is 0 Å². The highest BCUT2D eigenvalue weighted by molar-refractivity contribution is 6.30. The number of nitrogens with one attached hydrogen (secondary N) is 1. The van der Waals surface area contributed by atoms with E-state index in [1.807, 2.05) is 0 Å². The number of pyridine rings is 1. The minimum absolute atomic E-state index is 0.0479. The number of aromatic nitrogens is 2. The van der Waals surface area contributed by atoms with Crippen LogP contribution in [-0.4, -0.2) is 27.1 Å². The van der Waals surface area contributed by atoms with Gasteiger partial charge in [-0.15, -0.1) is 0 Å². The van der Waals surface area contributed by atoms with E-state index in [1.165, 1.54) is 6.20 Å². The molecule has 2 aromatic heterocycles. The topological polar surface area (TPSA) is 105 Å². The Labute approximate surface area is 153 Å². The molecule has 0 aliphatic heterocycles. The molecule has 0 fully saturated rings. The number of hydrogen-bond donors (Lipinski definition) is 2. The van der Waals surface area contributed by atoms with Crippen LogP contribution in [0.1, 0.15) is 39.6 Å². The normalized spacial score (nSPS) is 11.8. The molecule has 7 nitrogen and oxygen atoms in total. The van der Waals surface area contributed by atoms with E-state index < -0.39 is 17.9 Å². The van der Waals surface area contributed by atoms with Gasteiger partial charge in [0.25, 0.3) is 5.91 Å². The first-order chi connectivity index (χ1) is 12.5. The molecule has 0 aliphatic rings. The fourth-order valence-electron chi connectivity index (χ4n) is 2.44. The number of aromatic carboxylic acids is 1. The second-order valence-corrected chi connectivity index (χ2v) is 5.93. The van der Waals surface area contributed by atoms with Gasteiger partial charge < -0.3 is 14.9 Å². The highest BCUT2D eigenvalue weighted by Gasteiger charge is 2.28. The van der Waals surface area contributed by atoms with Crippen LogP contribution in [0.15, 0.2) is 53.2 Å². The van der Waals surface area contributed by atoms with Gasteiger partial charge in [-0.25, -0.2) is 4.79 Å². The second-order valence-electron chi connectivity index (χ2n) is 5.49. The predicted octanol–water partition coefficient (Wildman–Crippen LogP) is 3.58. The highest BCUT2D eigenvalue weighted by atomic mass is 35.5. The minimum Gasteiger partial charge on any atom is -0.477 e. The summed E-state index contributed by atoms with van der Waals surface area (Å²) in [6.07, 6.45) is 1.50. The molecule has 1 atom stereocenters. The molecule has 2 heterocycles. The molecule has 1 unspecified atom stereocenters. The van der Waals surface area contributed by atoms with Crippen molar-refractivity contribution in [2.24, 2.45) is 0 Å². The maximum absolute atomic E-state index is 12.2. The third-order valence-corrected chi connectivity index (χ3v) is 3.94. The minimum atomic E-state index is -1.20. The lowest BCUT2D eigenvalue weighted by Gasteiger charge is -2.11. The standard InChI is InChI=1S/C18H14ClN3O4/c1-10(21-17(23)13-4-2-3-9-20-13)16-14(18(24)25)15(22-26-16)11-5-7-12(19)8-6-11/h2-10H,1H3,(H,21,23)(H,24,25). The molecule has 0 saturated carbocycles. The lowest BCUT2D eigenvalue weighted by Crippen LogP contribution is -2.28. The molecule has 8 heteroatoms. The Hall–Kier alpha value is -3.19. The molecule has 1 aromatic carbocycles. The number of benzene rings is 1. The summed E-state index contributed by atoms with van der Waals surface area (Å²) in [5.41, 5.74) is 0.822. The van der Waals surface area contributed by atoms with Crippen molar-refractivity contribution in [1.82, 2.24) is 15.5 Å². The fourth-order valence-corrected chi connectivity index (χ4v) is 2.57. The molecule has 0 bridgehead atoms. The van der Waals surface area contributed by atoms with Crippen LogP contribution >= 0.6 is 11.6 Å². The van der Waals surface area contributed by atoms with E-state index in [0.717, 1.165) is 0 Å². The zero-order valence-corrected chi connectivity index (χ0v) is 14.4. The molecule has 0 spiro atoms. The SMILES string of the molecule is CC(NC(=O)c1ccccn1)c1onc(-c2ccc(Cl)cc2)c1C(=O)O. The monoisotopic (exact) mass is 371 g/mol. The van der Waals surface area contributed by atoms with E-state index in [0.29, 0.717) is 10.6 Å². The first-order valence-electron chi connectivity index (χ1n) is 7.68. The molecule has 2 N–H and O–H groups in total. The summed E-state index contributed by atoms with van der Waals surface area (Å²) in [7, 11) is 0. The maximum Gasteiger partial charge on any atom is 0.341 e. The van der Waals surface area contributed by atoms with Gasteiger partial charge in [-0.05, 0) is 31.2 Å². The van der Waals surface area contributed by atoms with Gasteiger partial charge in [0.15, 0.2) is 5.76 Å². The van der Waals surface area contributed by atoms with Crippen LogP contribution in [0.4, 0.5) is 0 Å². The molecule has 0 saturated heterocycles.